The van der Waals surface area contributed by atoms with Crippen molar-refractivity contribution in [2.24, 2.45) is 0 Å². The zero-order valence-corrected chi connectivity index (χ0v) is 20.2. The third-order valence-electron chi connectivity index (χ3n) is 6.85. The Kier molecular flexibility index (Phi) is 6.20. The van der Waals surface area contributed by atoms with Crippen LogP contribution in [0.15, 0.2) is 110 Å². The molecule has 4 aromatic rings. The highest BCUT2D eigenvalue weighted by Crippen LogP contribution is 2.34. The van der Waals surface area contributed by atoms with Gasteiger partial charge < -0.3 is 0 Å². The molecule has 0 bridgehead atoms. The predicted octanol–water partition coefficient (Wildman–Crippen LogP) is 8.75. The summed E-state index contributed by atoms with van der Waals surface area (Å²) in [5.74, 6) is 0. The van der Waals surface area contributed by atoms with Gasteiger partial charge in [0.1, 0.15) is 0 Å². The van der Waals surface area contributed by atoms with Crippen LogP contribution in [-0.2, 0) is 5.41 Å². The van der Waals surface area contributed by atoms with E-state index in [1.807, 2.05) is 0 Å². The van der Waals surface area contributed by atoms with Crippen LogP contribution in [0.25, 0.3) is 11.1 Å². The first-order valence-electron chi connectivity index (χ1n) is 11.5. The minimum atomic E-state index is -0.106. The van der Waals surface area contributed by atoms with E-state index < -0.39 is 0 Å². The van der Waals surface area contributed by atoms with Crippen molar-refractivity contribution in [3.05, 3.63) is 155 Å². The van der Waals surface area contributed by atoms with Crippen molar-refractivity contribution >= 4 is 11.1 Å². The molecule has 0 saturated carbocycles. The van der Waals surface area contributed by atoms with E-state index in [0.29, 0.717) is 0 Å². The minimum Gasteiger partial charge on any atom is -0.0905 e. The molecule has 0 amide bonds. The fraction of sp³-hybridized carbons (Fsp3) is 0.152. The average molecular weight is 429 g/mol. The summed E-state index contributed by atoms with van der Waals surface area (Å²) in [7, 11) is 0. The van der Waals surface area contributed by atoms with Gasteiger partial charge in [-0.15, -0.1) is 0 Å². The zero-order valence-electron chi connectivity index (χ0n) is 20.2. The smallest absolute Gasteiger partial charge is 0.0146 e. The van der Waals surface area contributed by atoms with Crippen LogP contribution in [-0.4, -0.2) is 0 Å². The first kappa shape index (κ1) is 22.6. The van der Waals surface area contributed by atoms with Crippen molar-refractivity contribution in [1.29, 1.82) is 0 Å². The van der Waals surface area contributed by atoms with Crippen LogP contribution in [0.4, 0.5) is 0 Å². The van der Waals surface area contributed by atoms with Crippen molar-refractivity contribution in [3.63, 3.8) is 0 Å². The van der Waals surface area contributed by atoms with Crippen molar-refractivity contribution in [3.8, 4) is 0 Å². The van der Waals surface area contributed by atoms with E-state index in [9.17, 15) is 0 Å². The number of hydrogen-bond donors (Lipinski definition) is 0. The summed E-state index contributed by atoms with van der Waals surface area (Å²) in [5.41, 5.74) is 11.8. The number of aryl methyl sites for hydroxylation is 2. The maximum Gasteiger partial charge on any atom is 0.0146 e. The Morgan fingerprint density at radius 3 is 1.18 bits per heavy atom. The van der Waals surface area contributed by atoms with Crippen LogP contribution in [0.2, 0.25) is 0 Å². The van der Waals surface area contributed by atoms with Gasteiger partial charge in [-0.25, -0.2) is 0 Å². The molecule has 0 radical (unpaired) electrons. The Morgan fingerprint density at radius 2 is 0.848 bits per heavy atom. The summed E-state index contributed by atoms with van der Waals surface area (Å²) in [6.45, 7) is 17.5. The maximum absolute atomic E-state index is 4.36. The van der Waals surface area contributed by atoms with Crippen molar-refractivity contribution in [1.82, 2.24) is 0 Å². The topological polar surface area (TPSA) is 0 Å². The van der Waals surface area contributed by atoms with E-state index in [4.69, 9.17) is 0 Å². The number of benzene rings is 4. The predicted molar refractivity (Wildman–Crippen MR) is 144 cm³/mol. The molecule has 4 aromatic carbocycles. The van der Waals surface area contributed by atoms with Gasteiger partial charge in [-0.05, 0) is 69.5 Å². The Balaban J connectivity index is 1.57. The second-order valence-electron chi connectivity index (χ2n) is 9.37. The van der Waals surface area contributed by atoms with Crippen molar-refractivity contribution in [2.75, 3.05) is 0 Å². The lowest BCUT2D eigenvalue weighted by molar-refractivity contribution is 0.641. The van der Waals surface area contributed by atoms with Gasteiger partial charge in [-0.1, -0.05) is 124 Å². The highest BCUT2D eigenvalue weighted by atomic mass is 14.3. The molecule has 164 valence electrons. The van der Waals surface area contributed by atoms with Gasteiger partial charge in [0.05, 0.1) is 0 Å². The van der Waals surface area contributed by atoms with E-state index in [1.54, 1.807) is 0 Å². The first-order chi connectivity index (χ1) is 15.8. The fourth-order valence-corrected chi connectivity index (χ4v) is 4.48. The van der Waals surface area contributed by atoms with Crippen LogP contribution in [0.1, 0.15) is 58.4 Å². The molecule has 0 heterocycles. The Bertz CT molecular complexity index is 1200. The van der Waals surface area contributed by atoms with E-state index in [0.717, 1.165) is 22.3 Å². The Morgan fingerprint density at radius 1 is 0.515 bits per heavy atom. The first-order valence-corrected chi connectivity index (χ1v) is 11.5. The van der Waals surface area contributed by atoms with Gasteiger partial charge in [0.2, 0.25) is 0 Å². The van der Waals surface area contributed by atoms with Crippen molar-refractivity contribution in [2.45, 2.75) is 33.1 Å². The molecular weight excluding hydrogens is 396 g/mol. The normalized spacial score (nSPS) is 11.3. The molecule has 0 nitrogen and oxygen atoms in total. The molecule has 0 aliphatic carbocycles. The molecule has 0 aliphatic heterocycles. The van der Waals surface area contributed by atoms with Crippen LogP contribution >= 0.6 is 0 Å². The molecule has 0 unspecified atom stereocenters. The van der Waals surface area contributed by atoms with E-state index in [1.165, 1.54) is 33.4 Å². The van der Waals surface area contributed by atoms with Gasteiger partial charge in [0.15, 0.2) is 0 Å². The van der Waals surface area contributed by atoms with Crippen molar-refractivity contribution < 1.29 is 0 Å². The molecule has 0 heteroatoms. The molecule has 0 spiro atoms. The third kappa shape index (κ3) is 4.47. The average Bonchev–Trinajstić information content (AvgIpc) is 2.84. The summed E-state index contributed by atoms with van der Waals surface area (Å²) >= 11 is 0. The van der Waals surface area contributed by atoms with Crippen LogP contribution in [0.5, 0.6) is 0 Å². The molecule has 33 heavy (non-hydrogen) atoms. The van der Waals surface area contributed by atoms with Gasteiger partial charge in [-0.3, -0.25) is 0 Å². The lowest BCUT2D eigenvalue weighted by Crippen LogP contribution is -2.18. The summed E-state index contributed by atoms with van der Waals surface area (Å²) in [6.07, 6.45) is 0. The molecular formula is C33H32. The Labute approximate surface area is 199 Å². The SMILES string of the molecule is C=C(c1ccc(C(C)(C)c2ccc(C(=C)c3ccccc3C)cc2)cc1)c1ccccc1C. The van der Waals surface area contributed by atoms with Crippen LogP contribution < -0.4 is 0 Å². The molecule has 0 fully saturated rings. The Hall–Kier alpha value is -3.64. The molecule has 0 atom stereocenters. The fourth-order valence-electron chi connectivity index (χ4n) is 4.48. The highest BCUT2D eigenvalue weighted by molar-refractivity contribution is 5.80. The summed E-state index contributed by atoms with van der Waals surface area (Å²) < 4.78 is 0. The zero-order chi connectivity index (χ0) is 23.6. The van der Waals surface area contributed by atoms with E-state index in [-0.39, 0.29) is 5.41 Å². The van der Waals surface area contributed by atoms with Gasteiger partial charge >= 0.3 is 0 Å². The lowest BCUT2D eigenvalue weighted by atomic mass is 9.77. The quantitative estimate of drug-likeness (QED) is 0.288. The second kappa shape index (κ2) is 9.08. The maximum atomic E-state index is 4.36. The number of rotatable bonds is 6. The highest BCUT2D eigenvalue weighted by Gasteiger charge is 2.23. The van der Waals surface area contributed by atoms with Gasteiger partial charge in [0, 0.05) is 5.41 Å². The second-order valence-corrected chi connectivity index (χ2v) is 9.37. The number of hydrogen-bond acceptors (Lipinski definition) is 0. The standard InChI is InChI=1S/C33H32/c1-23-11-7-9-13-31(23)25(3)27-15-19-29(20-16-27)33(5,6)30-21-17-28(18-22-30)26(4)32-14-10-8-12-24(32)2/h7-22H,3-4H2,1-2,5-6H3. The monoisotopic (exact) mass is 428 g/mol. The molecule has 4 rings (SSSR count). The van der Waals surface area contributed by atoms with Crippen LogP contribution in [0.3, 0.4) is 0 Å². The summed E-state index contributed by atoms with van der Waals surface area (Å²) in [4.78, 5) is 0. The van der Waals surface area contributed by atoms with Gasteiger partial charge in [0.25, 0.3) is 0 Å². The lowest BCUT2D eigenvalue weighted by Gasteiger charge is -2.27. The minimum absolute atomic E-state index is 0.106. The summed E-state index contributed by atoms with van der Waals surface area (Å²) in [6, 6.07) is 34.6. The largest absolute Gasteiger partial charge is 0.0905 e. The van der Waals surface area contributed by atoms with Gasteiger partial charge in [-0.2, -0.15) is 0 Å². The molecule has 0 aliphatic rings. The van der Waals surface area contributed by atoms with Crippen LogP contribution in [0, 0.1) is 13.8 Å². The van der Waals surface area contributed by atoms with E-state index >= 15 is 0 Å². The molecule has 0 N–H and O–H groups in total. The molecule has 0 saturated heterocycles. The van der Waals surface area contributed by atoms with E-state index in [2.05, 4.69) is 138 Å². The molecule has 0 aromatic heterocycles. The summed E-state index contributed by atoms with van der Waals surface area (Å²) in [5, 5.41) is 0. The third-order valence-corrected chi connectivity index (χ3v) is 6.85.